The Balaban J connectivity index is 0.00000196. The van der Waals surface area contributed by atoms with E-state index in [9.17, 15) is 4.79 Å². The summed E-state index contributed by atoms with van der Waals surface area (Å²) >= 11 is 1.51. The van der Waals surface area contributed by atoms with Crippen molar-refractivity contribution < 1.29 is 14.3 Å². The van der Waals surface area contributed by atoms with E-state index in [0.29, 0.717) is 11.4 Å². The van der Waals surface area contributed by atoms with E-state index in [4.69, 9.17) is 9.47 Å². The lowest BCUT2D eigenvalue weighted by Crippen LogP contribution is -2.25. The molecule has 0 bridgehead atoms. The summed E-state index contributed by atoms with van der Waals surface area (Å²) in [5.41, 5.74) is 3.33. The molecular weight excluding hydrogens is 374 g/mol. The summed E-state index contributed by atoms with van der Waals surface area (Å²) in [6.07, 6.45) is 0. The van der Waals surface area contributed by atoms with Crippen molar-refractivity contribution in [2.24, 2.45) is 0 Å². The van der Waals surface area contributed by atoms with E-state index in [1.165, 1.54) is 11.3 Å². The van der Waals surface area contributed by atoms with Crippen LogP contribution in [-0.2, 0) is 4.79 Å². The van der Waals surface area contributed by atoms with E-state index in [0.717, 1.165) is 27.8 Å². The van der Waals surface area contributed by atoms with E-state index in [2.05, 4.69) is 15.6 Å². The third-order valence-corrected chi connectivity index (χ3v) is 4.49. The first-order valence-electron chi connectivity index (χ1n) is 7.65. The Kier molecular flexibility index (Phi) is 5.29. The van der Waals surface area contributed by atoms with Gasteiger partial charge in [-0.05, 0) is 30.3 Å². The Hall–Kier alpha value is -2.77. The predicted octanol–water partition coefficient (Wildman–Crippen LogP) is 4.32. The molecule has 0 aliphatic carbocycles. The van der Waals surface area contributed by atoms with Crippen molar-refractivity contribution in [3.05, 3.63) is 47.8 Å². The normalized spacial score (nSPS) is 12.3. The number of hydrogen-bond donors (Lipinski definition) is 2. The Morgan fingerprint density at radius 1 is 1.27 bits per heavy atom. The van der Waals surface area contributed by atoms with Crippen LogP contribution in [0, 0.1) is 0 Å². The maximum atomic E-state index is 11.5. The SMILES string of the molecule is COc1cccc(Nc2nc(-c3ccc4c(c3)NC(=O)CO4)cs2)c1.Cl. The van der Waals surface area contributed by atoms with Crippen molar-refractivity contribution in [1.82, 2.24) is 4.98 Å². The fourth-order valence-corrected chi connectivity index (χ4v) is 3.27. The van der Waals surface area contributed by atoms with Gasteiger partial charge in [0.1, 0.15) is 11.5 Å². The van der Waals surface area contributed by atoms with Crippen LogP contribution in [-0.4, -0.2) is 24.6 Å². The fourth-order valence-electron chi connectivity index (χ4n) is 2.53. The molecule has 1 aromatic heterocycles. The number of thiazole rings is 1. The quantitative estimate of drug-likeness (QED) is 0.695. The largest absolute Gasteiger partial charge is 0.497 e. The van der Waals surface area contributed by atoms with Crippen LogP contribution < -0.4 is 20.1 Å². The van der Waals surface area contributed by atoms with E-state index in [1.54, 1.807) is 7.11 Å². The van der Waals surface area contributed by atoms with Gasteiger partial charge in [-0.2, -0.15) is 0 Å². The zero-order valence-electron chi connectivity index (χ0n) is 13.8. The molecular formula is C18H16ClN3O3S. The topological polar surface area (TPSA) is 72.5 Å². The van der Waals surface area contributed by atoms with Crippen molar-refractivity contribution in [2.75, 3.05) is 24.4 Å². The van der Waals surface area contributed by atoms with Crippen molar-refractivity contribution in [1.29, 1.82) is 0 Å². The van der Waals surface area contributed by atoms with E-state index in [-0.39, 0.29) is 24.9 Å². The molecule has 2 N–H and O–H groups in total. The van der Waals surface area contributed by atoms with Crippen LogP contribution >= 0.6 is 23.7 Å². The van der Waals surface area contributed by atoms with E-state index < -0.39 is 0 Å². The molecule has 1 aliphatic rings. The number of ether oxygens (including phenoxy) is 2. The van der Waals surface area contributed by atoms with Gasteiger partial charge in [0.25, 0.3) is 5.91 Å². The predicted molar refractivity (Wildman–Crippen MR) is 105 cm³/mol. The van der Waals surface area contributed by atoms with E-state index in [1.807, 2.05) is 47.8 Å². The minimum absolute atomic E-state index is 0. The molecule has 0 saturated heterocycles. The van der Waals surface area contributed by atoms with Crippen LogP contribution in [0.4, 0.5) is 16.5 Å². The van der Waals surface area contributed by atoms with Crippen molar-refractivity contribution in [3.8, 4) is 22.8 Å². The molecule has 6 nitrogen and oxygen atoms in total. The number of benzene rings is 2. The molecule has 0 spiro atoms. The molecule has 0 radical (unpaired) electrons. The smallest absolute Gasteiger partial charge is 0.262 e. The molecule has 4 rings (SSSR count). The van der Waals surface area contributed by atoms with Crippen LogP contribution in [0.25, 0.3) is 11.3 Å². The summed E-state index contributed by atoms with van der Waals surface area (Å²) in [5.74, 6) is 1.31. The lowest BCUT2D eigenvalue weighted by molar-refractivity contribution is -0.118. The van der Waals surface area contributed by atoms with Crippen molar-refractivity contribution in [2.45, 2.75) is 0 Å². The zero-order chi connectivity index (χ0) is 17.2. The fraction of sp³-hybridized carbons (Fsp3) is 0.111. The van der Waals surface area contributed by atoms with Gasteiger partial charge in [0.15, 0.2) is 11.7 Å². The van der Waals surface area contributed by atoms with Crippen LogP contribution in [0.2, 0.25) is 0 Å². The average molecular weight is 390 g/mol. The highest BCUT2D eigenvalue weighted by Gasteiger charge is 2.17. The first-order chi connectivity index (χ1) is 12.2. The van der Waals surface area contributed by atoms with Crippen molar-refractivity contribution >= 4 is 46.2 Å². The number of carbonyl (C=O) groups excluding carboxylic acids is 1. The van der Waals surface area contributed by atoms with Crippen LogP contribution in [0.3, 0.4) is 0 Å². The molecule has 0 unspecified atom stereocenters. The number of nitrogens with one attached hydrogen (secondary N) is 2. The number of hydrogen-bond acceptors (Lipinski definition) is 6. The number of halogens is 1. The van der Waals surface area contributed by atoms with E-state index >= 15 is 0 Å². The van der Waals surface area contributed by atoms with Crippen LogP contribution in [0.1, 0.15) is 0 Å². The minimum atomic E-state index is -0.150. The van der Waals surface area contributed by atoms with Gasteiger partial charge in [-0.15, -0.1) is 23.7 Å². The lowest BCUT2D eigenvalue weighted by atomic mass is 10.1. The number of anilines is 3. The van der Waals surface area contributed by atoms with Crippen LogP contribution in [0.5, 0.6) is 11.5 Å². The van der Waals surface area contributed by atoms with Gasteiger partial charge in [-0.3, -0.25) is 4.79 Å². The molecule has 2 aromatic carbocycles. The third-order valence-electron chi connectivity index (χ3n) is 3.73. The Labute approximate surface area is 160 Å². The summed E-state index contributed by atoms with van der Waals surface area (Å²) in [6.45, 7) is 0.0532. The lowest BCUT2D eigenvalue weighted by Gasteiger charge is -2.18. The van der Waals surface area contributed by atoms with Gasteiger partial charge >= 0.3 is 0 Å². The summed E-state index contributed by atoms with van der Waals surface area (Å²) in [6, 6.07) is 13.3. The van der Waals surface area contributed by atoms with Gasteiger partial charge in [-0.25, -0.2) is 4.98 Å². The maximum Gasteiger partial charge on any atom is 0.262 e. The molecule has 0 fully saturated rings. The van der Waals surface area contributed by atoms with Crippen LogP contribution in [0.15, 0.2) is 47.8 Å². The molecule has 134 valence electrons. The molecule has 0 saturated carbocycles. The first kappa shape index (κ1) is 18.0. The van der Waals surface area contributed by atoms with Gasteiger partial charge < -0.3 is 20.1 Å². The second-order valence-corrected chi connectivity index (χ2v) is 6.30. The van der Waals surface area contributed by atoms with Gasteiger partial charge in [0.05, 0.1) is 18.5 Å². The Morgan fingerprint density at radius 3 is 3.00 bits per heavy atom. The highest BCUT2D eigenvalue weighted by Crippen LogP contribution is 2.34. The summed E-state index contributed by atoms with van der Waals surface area (Å²) < 4.78 is 10.6. The van der Waals surface area contributed by atoms with Gasteiger partial charge in [0, 0.05) is 22.7 Å². The molecule has 26 heavy (non-hydrogen) atoms. The third kappa shape index (κ3) is 3.74. The summed E-state index contributed by atoms with van der Waals surface area (Å²) in [5, 5.41) is 8.83. The molecule has 0 atom stereocenters. The second kappa shape index (κ2) is 7.63. The number of rotatable bonds is 4. The van der Waals surface area contributed by atoms with Gasteiger partial charge in [-0.1, -0.05) is 6.07 Å². The highest BCUT2D eigenvalue weighted by molar-refractivity contribution is 7.14. The average Bonchev–Trinajstić information content (AvgIpc) is 3.09. The number of nitrogens with zero attached hydrogens (tertiary/aromatic N) is 1. The first-order valence-corrected chi connectivity index (χ1v) is 8.53. The number of amides is 1. The number of aromatic nitrogens is 1. The standard InChI is InChI=1S/C18H15N3O3S.ClH/c1-23-13-4-2-3-12(8-13)19-18-21-15(10-25-18)11-5-6-16-14(7-11)20-17(22)9-24-16;/h2-8,10H,9H2,1H3,(H,19,21)(H,20,22);1H. The number of methoxy groups -OCH3 is 1. The molecule has 8 heteroatoms. The minimum Gasteiger partial charge on any atom is -0.497 e. The molecule has 3 aromatic rings. The van der Waals surface area contributed by atoms with Crippen molar-refractivity contribution in [3.63, 3.8) is 0 Å². The molecule has 2 heterocycles. The Morgan fingerprint density at radius 2 is 2.15 bits per heavy atom. The maximum absolute atomic E-state index is 11.5. The number of carbonyl (C=O) groups is 1. The zero-order valence-corrected chi connectivity index (χ0v) is 15.4. The molecule has 1 aliphatic heterocycles. The highest BCUT2D eigenvalue weighted by atomic mass is 35.5. The second-order valence-electron chi connectivity index (χ2n) is 5.44. The number of fused-ring (bicyclic) bond motifs is 1. The Bertz CT molecular complexity index is 945. The molecule has 1 amide bonds. The van der Waals surface area contributed by atoms with Gasteiger partial charge in [0.2, 0.25) is 0 Å². The summed E-state index contributed by atoms with van der Waals surface area (Å²) in [4.78, 5) is 16.1. The summed E-state index contributed by atoms with van der Waals surface area (Å²) in [7, 11) is 1.64. The monoisotopic (exact) mass is 389 g/mol.